The van der Waals surface area contributed by atoms with Crippen LogP contribution in [0.2, 0.25) is 5.02 Å². The summed E-state index contributed by atoms with van der Waals surface area (Å²) in [5, 5.41) is 7.91. The SMILES string of the molecule is CCOC(=O)c1cc2n(n1)C[C@](C)(C(=O)NC1CCCC1)N(c1cccc(Cl)c1C)C2=O. The second-order valence-corrected chi connectivity index (χ2v) is 8.95. The van der Waals surface area contributed by atoms with Crippen LogP contribution < -0.4 is 10.2 Å². The van der Waals surface area contributed by atoms with E-state index in [2.05, 4.69) is 10.4 Å². The van der Waals surface area contributed by atoms with Crippen LogP contribution in [0.25, 0.3) is 0 Å². The van der Waals surface area contributed by atoms with Crippen molar-refractivity contribution in [2.24, 2.45) is 0 Å². The first-order chi connectivity index (χ1) is 15.3. The zero-order valence-electron chi connectivity index (χ0n) is 18.5. The third-order valence-corrected chi connectivity index (χ3v) is 6.71. The van der Waals surface area contributed by atoms with Gasteiger partial charge in [0.15, 0.2) is 5.69 Å². The van der Waals surface area contributed by atoms with Gasteiger partial charge in [0.05, 0.1) is 13.2 Å². The van der Waals surface area contributed by atoms with Crippen LogP contribution in [0.3, 0.4) is 0 Å². The number of aromatic nitrogens is 2. The highest BCUT2D eigenvalue weighted by atomic mass is 35.5. The summed E-state index contributed by atoms with van der Waals surface area (Å²) in [5.74, 6) is -1.28. The van der Waals surface area contributed by atoms with Crippen molar-refractivity contribution in [2.75, 3.05) is 11.5 Å². The topological polar surface area (TPSA) is 93.5 Å². The Balaban J connectivity index is 1.80. The molecule has 2 aliphatic rings. The Hall–Kier alpha value is -2.87. The zero-order chi connectivity index (χ0) is 23.0. The lowest BCUT2D eigenvalue weighted by Crippen LogP contribution is -2.65. The van der Waals surface area contributed by atoms with E-state index in [9.17, 15) is 14.4 Å². The van der Waals surface area contributed by atoms with Crippen LogP contribution in [-0.4, -0.2) is 45.8 Å². The van der Waals surface area contributed by atoms with Crippen molar-refractivity contribution in [2.45, 2.75) is 64.6 Å². The molecule has 0 unspecified atom stereocenters. The number of hydrogen-bond donors (Lipinski definition) is 1. The van der Waals surface area contributed by atoms with Gasteiger partial charge in [-0.25, -0.2) is 4.79 Å². The van der Waals surface area contributed by atoms with Gasteiger partial charge in [0.1, 0.15) is 11.2 Å². The molecule has 1 aromatic carbocycles. The second-order valence-electron chi connectivity index (χ2n) is 8.55. The van der Waals surface area contributed by atoms with Crippen molar-refractivity contribution >= 4 is 35.1 Å². The first kappa shape index (κ1) is 22.3. The number of nitrogens with zero attached hydrogens (tertiary/aromatic N) is 3. The van der Waals surface area contributed by atoms with Crippen molar-refractivity contribution in [3.8, 4) is 0 Å². The summed E-state index contributed by atoms with van der Waals surface area (Å²) in [7, 11) is 0. The molecular formula is C23H27ClN4O4. The van der Waals surface area contributed by atoms with Gasteiger partial charge in [-0.15, -0.1) is 0 Å². The molecule has 0 saturated heterocycles. The molecule has 2 amide bonds. The standard InChI is InChI=1S/C23H27ClN4O4/c1-4-32-21(30)17-12-19-20(29)28(18-11-7-10-16(24)14(18)2)23(3,13-27(19)26-17)22(31)25-15-8-5-6-9-15/h7,10-12,15H,4-6,8-9,13H2,1-3H3,(H,25,31)/t23-/m1/s1. The number of ether oxygens (including phenoxy) is 1. The van der Waals surface area contributed by atoms with Crippen LogP contribution in [0.15, 0.2) is 24.3 Å². The number of hydrogen-bond acceptors (Lipinski definition) is 5. The molecule has 1 aromatic heterocycles. The molecule has 1 aliphatic heterocycles. The van der Waals surface area contributed by atoms with Crippen LogP contribution in [-0.2, 0) is 16.1 Å². The van der Waals surface area contributed by atoms with Gasteiger partial charge in [-0.2, -0.15) is 5.10 Å². The van der Waals surface area contributed by atoms with E-state index < -0.39 is 17.4 Å². The number of halogens is 1. The highest BCUT2D eigenvalue weighted by molar-refractivity contribution is 6.32. The molecule has 2 aromatic rings. The molecule has 1 fully saturated rings. The fraction of sp³-hybridized carbons (Fsp3) is 0.478. The van der Waals surface area contributed by atoms with Gasteiger partial charge in [-0.05, 0) is 51.3 Å². The summed E-state index contributed by atoms with van der Waals surface area (Å²) >= 11 is 6.35. The number of fused-ring (bicyclic) bond motifs is 1. The monoisotopic (exact) mass is 458 g/mol. The van der Waals surface area contributed by atoms with Gasteiger partial charge < -0.3 is 10.1 Å². The Labute approximate surface area is 191 Å². The van der Waals surface area contributed by atoms with E-state index in [-0.39, 0.29) is 36.5 Å². The van der Waals surface area contributed by atoms with Crippen molar-refractivity contribution in [1.29, 1.82) is 0 Å². The predicted octanol–water partition coefficient (Wildman–Crippen LogP) is 3.50. The maximum absolute atomic E-state index is 13.7. The average Bonchev–Trinajstić information content (AvgIpc) is 3.41. The summed E-state index contributed by atoms with van der Waals surface area (Å²) in [4.78, 5) is 41.0. The number of anilines is 1. The van der Waals surface area contributed by atoms with E-state index in [0.717, 1.165) is 25.7 Å². The molecule has 2 heterocycles. The molecule has 32 heavy (non-hydrogen) atoms. The molecule has 9 heteroatoms. The second kappa shape index (κ2) is 8.58. The summed E-state index contributed by atoms with van der Waals surface area (Å²) in [6.45, 7) is 5.54. The normalized spacial score (nSPS) is 20.9. The minimum absolute atomic E-state index is 0.0402. The molecule has 170 valence electrons. The minimum Gasteiger partial charge on any atom is -0.461 e. The van der Waals surface area contributed by atoms with Gasteiger partial charge in [-0.1, -0.05) is 30.5 Å². The van der Waals surface area contributed by atoms with Crippen molar-refractivity contribution in [1.82, 2.24) is 15.1 Å². The Morgan fingerprint density at radius 2 is 2.03 bits per heavy atom. The molecule has 0 radical (unpaired) electrons. The number of esters is 1. The number of amides is 2. The molecule has 1 N–H and O–H groups in total. The molecule has 0 spiro atoms. The van der Waals surface area contributed by atoms with Crippen LogP contribution in [0.4, 0.5) is 5.69 Å². The number of carbonyl (C=O) groups is 3. The molecular weight excluding hydrogens is 432 g/mol. The molecule has 1 aliphatic carbocycles. The largest absolute Gasteiger partial charge is 0.461 e. The van der Waals surface area contributed by atoms with Crippen molar-refractivity contribution < 1.29 is 19.1 Å². The molecule has 1 atom stereocenters. The van der Waals surface area contributed by atoms with E-state index in [1.807, 2.05) is 6.92 Å². The van der Waals surface area contributed by atoms with Crippen LogP contribution in [0, 0.1) is 6.92 Å². The summed E-state index contributed by atoms with van der Waals surface area (Å²) in [6.07, 6.45) is 3.99. The van der Waals surface area contributed by atoms with Gasteiger partial charge in [-0.3, -0.25) is 19.2 Å². The third kappa shape index (κ3) is 3.77. The lowest BCUT2D eigenvalue weighted by molar-refractivity contribution is -0.127. The van der Waals surface area contributed by atoms with Crippen LogP contribution in [0.1, 0.15) is 66.1 Å². The quantitative estimate of drug-likeness (QED) is 0.692. The molecule has 4 rings (SSSR count). The smallest absolute Gasteiger partial charge is 0.358 e. The van der Waals surface area contributed by atoms with Gasteiger partial charge in [0.2, 0.25) is 5.91 Å². The summed E-state index contributed by atoms with van der Waals surface area (Å²) in [5.41, 5.74) is 0.245. The predicted molar refractivity (Wildman–Crippen MR) is 120 cm³/mol. The fourth-order valence-electron chi connectivity index (χ4n) is 4.51. The highest BCUT2D eigenvalue weighted by Crippen LogP contribution is 2.37. The van der Waals surface area contributed by atoms with Crippen LogP contribution in [0.5, 0.6) is 0 Å². The Morgan fingerprint density at radius 1 is 1.31 bits per heavy atom. The van der Waals surface area contributed by atoms with E-state index in [4.69, 9.17) is 16.3 Å². The Bertz CT molecular complexity index is 1080. The summed E-state index contributed by atoms with van der Waals surface area (Å²) in [6, 6.07) is 6.78. The first-order valence-corrected chi connectivity index (χ1v) is 11.3. The third-order valence-electron chi connectivity index (χ3n) is 6.30. The first-order valence-electron chi connectivity index (χ1n) is 10.9. The van der Waals surface area contributed by atoms with E-state index in [1.165, 1.54) is 15.6 Å². The number of nitrogens with one attached hydrogen (secondary N) is 1. The van der Waals surface area contributed by atoms with Gasteiger partial charge in [0.25, 0.3) is 5.91 Å². The zero-order valence-corrected chi connectivity index (χ0v) is 19.2. The number of rotatable bonds is 5. The van der Waals surface area contributed by atoms with E-state index in [0.29, 0.717) is 16.3 Å². The lowest BCUT2D eigenvalue weighted by atomic mass is 9.92. The van der Waals surface area contributed by atoms with Crippen molar-refractivity contribution in [3.05, 3.63) is 46.2 Å². The molecule has 8 nitrogen and oxygen atoms in total. The van der Waals surface area contributed by atoms with Gasteiger partial charge >= 0.3 is 5.97 Å². The van der Waals surface area contributed by atoms with Crippen LogP contribution >= 0.6 is 11.6 Å². The maximum atomic E-state index is 13.7. The van der Waals surface area contributed by atoms with E-state index in [1.54, 1.807) is 32.0 Å². The highest BCUT2D eigenvalue weighted by Gasteiger charge is 2.50. The fourth-order valence-corrected chi connectivity index (χ4v) is 4.68. The number of carbonyl (C=O) groups excluding carboxylic acids is 3. The Morgan fingerprint density at radius 3 is 2.72 bits per heavy atom. The van der Waals surface area contributed by atoms with Gasteiger partial charge in [0, 0.05) is 22.8 Å². The molecule has 0 bridgehead atoms. The lowest BCUT2D eigenvalue weighted by Gasteiger charge is -2.44. The molecule has 1 saturated carbocycles. The van der Waals surface area contributed by atoms with E-state index >= 15 is 0 Å². The average molecular weight is 459 g/mol. The number of benzene rings is 1. The summed E-state index contributed by atoms with van der Waals surface area (Å²) < 4.78 is 6.47. The Kier molecular flexibility index (Phi) is 5.99. The minimum atomic E-state index is -1.26. The maximum Gasteiger partial charge on any atom is 0.358 e. The van der Waals surface area contributed by atoms with Crippen molar-refractivity contribution in [3.63, 3.8) is 0 Å².